The minimum Gasteiger partial charge on any atom is -0.469 e. The average Bonchev–Trinajstić information content (AvgIpc) is 1.85. The van der Waals surface area contributed by atoms with Crippen LogP contribution in [-0.2, 0) is 9.53 Å². The number of alkyl halides is 1. The standard InChI is InChI=1S/C8H15FO2/c1-8(2,9)6-4-5-7(10)11-3/h4-6H2,1-3H3. The van der Waals surface area contributed by atoms with Crippen LogP contribution in [0.15, 0.2) is 0 Å². The van der Waals surface area contributed by atoms with Gasteiger partial charge in [-0.1, -0.05) is 0 Å². The first-order valence-corrected chi connectivity index (χ1v) is 3.71. The van der Waals surface area contributed by atoms with Crippen molar-refractivity contribution in [3.05, 3.63) is 0 Å². The van der Waals surface area contributed by atoms with Crippen LogP contribution in [0.2, 0.25) is 0 Å². The second-order valence-corrected chi connectivity index (χ2v) is 3.15. The smallest absolute Gasteiger partial charge is 0.305 e. The van der Waals surface area contributed by atoms with Crippen LogP contribution in [0, 0.1) is 0 Å². The van der Waals surface area contributed by atoms with Gasteiger partial charge in [-0.3, -0.25) is 4.79 Å². The summed E-state index contributed by atoms with van der Waals surface area (Å²) in [7, 11) is 1.34. The van der Waals surface area contributed by atoms with E-state index < -0.39 is 5.67 Å². The number of esters is 1. The first kappa shape index (κ1) is 10.4. The largest absolute Gasteiger partial charge is 0.469 e. The van der Waals surface area contributed by atoms with Crippen LogP contribution in [0.3, 0.4) is 0 Å². The van der Waals surface area contributed by atoms with E-state index in [1.807, 2.05) is 0 Å². The van der Waals surface area contributed by atoms with E-state index in [1.54, 1.807) is 0 Å². The fourth-order valence-corrected chi connectivity index (χ4v) is 0.755. The lowest BCUT2D eigenvalue weighted by atomic mass is 10.0. The molecule has 11 heavy (non-hydrogen) atoms. The minimum atomic E-state index is -1.17. The molecule has 0 aromatic heterocycles. The maximum absolute atomic E-state index is 12.8. The van der Waals surface area contributed by atoms with Gasteiger partial charge >= 0.3 is 5.97 Å². The number of ether oxygens (including phenoxy) is 1. The van der Waals surface area contributed by atoms with Crippen LogP contribution in [0.1, 0.15) is 33.1 Å². The van der Waals surface area contributed by atoms with E-state index >= 15 is 0 Å². The predicted molar refractivity (Wildman–Crippen MR) is 41.1 cm³/mol. The first-order chi connectivity index (χ1) is 4.95. The monoisotopic (exact) mass is 162 g/mol. The van der Waals surface area contributed by atoms with Crippen molar-refractivity contribution in [1.29, 1.82) is 0 Å². The van der Waals surface area contributed by atoms with Gasteiger partial charge in [0.2, 0.25) is 0 Å². The molecule has 0 bridgehead atoms. The molecular weight excluding hydrogens is 147 g/mol. The summed E-state index contributed by atoms with van der Waals surface area (Å²) in [6, 6.07) is 0. The molecule has 66 valence electrons. The molecule has 0 rings (SSSR count). The van der Waals surface area contributed by atoms with E-state index in [2.05, 4.69) is 4.74 Å². The zero-order chi connectivity index (χ0) is 8.91. The van der Waals surface area contributed by atoms with Crippen molar-refractivity contribution >= 4 is 5.97 Å². The first-order valence-electron chi connectivity index (χ1n) is 3.71. The van der Waals surface area contributed by atoms with E-state index in [9.17, 15) is 9.18 Å². The number of carbonyl (C=O) groups excluding carboxylic acids is 1. The topological polar surface area (TPSA) is 26.3 Å². The molecule has 0 amide bonds. The summed E-state index contributed by atoms with van der Waals surface area (Å²) >= 11 is 0. The van der Waals surface area contributed by atoms with E-state index in [0.717, 1.165) is 0 Å². The third-order valence-electron chi connectivity index (χ3n) is 1.38. The molecule has 0 aliphatic carbocycles. The fraction of sp³-hybridized carbons (Fsp3) is 0.875. The maximum Gasteiger partial charge on any atom is 0.305 e. The number of halogens is 1. The normalized spacial score (nSPS) is 11.3. The number of carbonyl (C=O) groups is 1. The molecule has 0 spiro atoms. The van der Waals surface area contributed by atoms with Gasteiger partial charge in [-0.05, 0) is 26.7 Å². The van der Waals surface area contributed by atoms with Crippen LogP contribution in [0.4, 0.5) is 4.39 Å². The molecule has 0 saturated carbocycles. The van der Waals surface area contributed by atoms with Gasteiger partial charge in [-0.15, -0.1) is 0 Å². The average molecular weight is 162 g/mol. The molecular formula is C8H15FO2. The van der Waals surface area contributed by atoms with Crippen molar-refractivity contribution in [2.75, 3.05) is 7.11 Å². The quantitative estimate of drug-likeness (QED) is 0.591. The van der Waals surface area contributed by atoms with Crippen molar-refractivity contribution in [3.8, 4) is 0 Å². The van der Waals surface area contributed by atoms with Crippen LogP contribution >= 0.6 is 0 Å². The summed E-state index contributed by atoms with van der Waals surface area (Å²) in [4.78, 5) is 10.6. The summed E-state index contributed by atoms with van der Waals surface area (Å²) in [6.07, 6.45) is 1.27. The van der Waals surface area contributed by atoms with Gasteiger partial charge in [0, 0.05) is 6.42 Å². The Labute approximate surface area is 66.7 Å². The summed E-state index contributed by atoms with van der Waals surface area (Å²) in [5.41, 5.74) is -1.17. The van der Waals surface area contributed by atoms with Crippen molar-refractivity contribution in [3.63, 3.8) is 0 Å². The summed E-state index contributed by atoms with van der Waals surface area (Å²) < 4.78 is 17.2. The van der Waals surface area contributed by atoms with Gasteiger partial charge in [0.25, 0.3) is 0 Å². The van der Waals surface area contributed by atoms with Crippen LogP contribution in [0.5, 0.6) is 0 Å². The van der Waals surface area contributed by atoms with E-state index in [-0.39, 0.29) is 5.97 Å². The molecule has 0 aliphatic heterocycles. The Morgan fingerprint density at radius 3 is 2.45 bits per heavy atom. The number of hydrogen-bond acceptors (Lipinski definition) is 2. The Kier molecular flexibility index (Phi) is 4.08. The van der Waals surface area contributed by atoms with Gasteiger partial charge in [-0.2, -0.15) is 0 Å². The number of methoxy groups -OCH3 is 1. The van der Waals surface area contributed by atoms with Crippen LogP contribution < -0.4 is 0 Å². The molecule has 0 aliphatic rings. The third-order valence-corrected chi connectivity index (χ3v) is 1.38. The fourth-order valence-electron chi connectivity index (χ4n) is 0.755. The van der Waals surface area contributed by atoms with Gasteiger partial charge in [0.05, 0.1) is 7.11 Å². The molecule has 0 atom stereocenters. The SMILES string of the molecule is COC(=O)CCCC(C)(C)F. The highest BCUT2D eigenvalue weighted by molar-refractivity contribution is 5.68. The Morgan fingerprint density at radius 2 is 2.09 bits per heavy atom. The molecule has 0 heterocycles. The number of rotatable bonds is 4. The molecule has 0 aromatic rings. The van der Waals surface area contributed by atoms with Gasteiger partial charge in [-0.25, -0.2) is 4.39 Å². The summed E-state index contributed by atoms with van der Waals surface area (Å²) in [5, 5.41) is 0. The molecule has 0 fully saturated rings. The summed E-state index contributed by atoms with van der Waals surface area (Å²) in [5.74, 6) is -0.269. The van der Waals surface area contributed by atoms with Gasteiger partial charge < -0.3 is 4.74 Å². The molecule has 0 unspecified atom stereocenters. The van der Waals surface area contributed by atoms with Crippen LogP contribution in [0.25, 0.3) is 0 Å². The lowest BCUT2D eigenvalue weighted by Crippen LogP contribution is -2.12. The van der Waals surface area contributed by atoms with Crippen LogP contribution in [-0.4, -0.2) is 18.7 Å². The molecule has 2 nitrogen and oxygen atoms in total. The Balaban J connectivity index is 3.35. The second-order valence-electron chi connectivity index (χ2n) is 3.15. The predicted octanol–water partition coefficient (Wildman–Crippen LogP) is 2.08. The minimum absolute atomic E-state index is 0.269. The maximum atomic E-state index is 12.8. The lowest BCUT2D eigenvalue weighted by Gasteiger charge is -2.12. The van der Waals surface area contributed by atoms with Gasteiger partial charge in [0.1, 0.15) is 5.67 Å². The highest BCUT2D eigenvalue weighted by Crippen LogP contribution is 2.16. The molecule has 0 radical (unpaired) electrons. The van der Waals surface area contributed by atoms with Gasteiger partial charge in [0.15, 0.2) is 0 Å². The zero-order valence-corrected chi connectivity index (χ0v) is 7.32. The Morgan fingerprint density at radius 1 is 1.55 bits per heavy atom. The zero-order valence-electron chi connectivity index (χ0n) is 7.32. The van der Waals surface area contributed by atoms with Crippen molar-refractivity contribution in [2.45, 2.75) is 38.8 Å². The van der Waals surface area contributed by atoms with E-state index in [0.29, 0.717) is 19.3 Å². The van der Waals surface area contributed by atoms with Crippen molar-refractivity contribution in [2.24, 2.45) is 0 Å². The van der Waals surface area contributed by atoms with Crippen molar-refractivity contribution < 1.29 is 13.9 Å². The highest BCUT2D eigenvalue weighted by atomic mass is 19.1. The van der Waals surface area contributed by atoms with E-state index in [4.69, 9.17) is 0 Å². The molecule has 0 N–H and O–H groups in total. The highest BCUT2D eigenvalue weighted by Gasteiger charge is 2.15. The van der Waals surface area contributed by atoms with Crippen molar-refractivity contribution in [1.82, 2.24) is 0 Å². The number of hydrogen-bond donors (Lipinski definition) is 0. The van der Waals surface area contributed by atoms with E-state index in [1.165, 1.54) is 21.0 Å². The third kappa shape index (κ3) is 7.30. The lowest BCUT2D eigenvalue weighted by molar-refractivity contribution is -0.140. The molecule has 0 saturated heterocycles. The molecule has 0 aromatic carbocycles. The summed E-state index contributed by atoms with van der Waals surface area (Å²) in [6.45, 7) is 3.01. The Hall–Kier alpha value is -0.600. The second kappa shape index (κ2) is 4.31. The Bertz CT molecular complexity index is 127. The molecule has 3 heteroatoms.